The zero-order valence-corrected chi connectivity index (χ0v) is 9.03. The number of carbonyl (C=O) groups is 1. The summed E-state index contributed by atoms with van der Waals surface area (Å²) in [4.78, 5) is 12.2. The molecule has 3 nitrogen and oxygen atoms in total. The summed E-state index contributed by atoms with van der Waals surface area (Å²) in [7, 11) is 0. The molecule has 1 unspecified atom stereocenters. The van der Waals surface area contributed by atoms with Crippen LogP contribution in [-0.4, -0.2) is 18.6 Å². The Labute approximate surface area is 91.0 Å². The Kier molecular flexibility index (Phi) is 3.05. The van der Waals surface area contributed by atoms with Crippen LogP contribution >= 0.6 is 22.9 Å². The monoisotopic (exact) mass is 231 g/mol. The zero-order valence-electron chi connectivity index (χ0n) is 7.46. The average molecular weight is 232 g/mol. The lowest BCUT2D eigenvalue weighted by molar-refractivity contribution is -0.139. The van der Waals surface area contributed by atoms with Gasteiger partial charge < -0.3 is 4.74 Å². The van der Waals surface area contributed by atoms with Crippen LogP contribution in [0.1, 0.15) is 11.3 Å². The number of esters is 1. The third-order valence-corrected chi connectivity index (χ3v) is 3.32. The van der Waals surface area contributed by atoms with Crippen LogP contribution in [0.3, 0.4) is 0 Å². The highest BCUT2D eigenvalue weighted by molar-refractivity contribution is 7.16. The average Bonchev–Trinajstić information content (AvgIpc) is 2.72. The molecule has 1 fully saturated rings. The highest BCUT2D eigenvalue weighted by atomic mass is 35.5. The minimum absolute atomic E-state index is 0.143. The summed E-state index contributed by atoms with van der Waals surface area (Å²) in [5.74, 6) is -0.146. The van der Waals surface area contributed by atoms with Crippen LogP contribution in [0.5, 0.6) is 0 Å². The lowest BCUT2D eigenvalue weighted by Gasteiger charge is -2.06. The van der Waals surface area contributed by atoms with E-state index in [4.69, 9.17) is 16.3 Å². The Morgan fingerprint density at radius 1 is 1.64 bits per heavy atom. The van der Waals surface area contributed by atoms with Crippen molar-refractivity contribution in [3.05, 3.63) is 21.3 Å². The first-order chi connectivity index (χ1) is 6.75. The third-order valence-electron chi connectivity index (χ3n) is 2.09. The van der Waals surface area contributed by atoms with E-state index in [-0.39, 0.29) is 12.0 Å². The van der Waals surface area contributed by atoms with Gasteiger partial charge in [-0.1, -0.05) is 11.6 Å². The second-order valence-corrected chi connectivity index (χ2v) is 4.90. The van der Waals surface area contributed by atoms with Crippen LogP contribution in [0, 0.1) is 0 Å². The molecule has 0 bridgehead atoms. The quantitative estimate of drug-likeness (QED) is 0.807. The first kappa shape index (κ1) is 9.96. The van der Waals surface area contributed by atoms with Gasteiger partial charge in [0.25, 0.3) is 0 Å². The molecule has 76 valence electrons. The fourth-order valence-corrected chi connectivity index (χ4v) is 2.39. The summed E-state index contributed by atoms with van der Waals surface area (Å²) in [5, 5.41) is 3.14. The van der Waals surface area contributed by atoms with Crippen molar-refractivity contribution in [1.82, 2.24) is 5.32 Å². The van der Waals surface area contributed by atoms with Crippen molar-refractivity contribution in [3.8, 4) is 0 Å². The molecular formula is C9H10ClNO2S. The van der Waals surface area contributed by atoms with Crippen molar-refractivity contribution in [2.24, 2.45) is 0 Å². The summed E-state index contributed by atoms with van der Waals surface area (Å²) in [6.07, 6.45) is 0.762. The van der Waals surface area contributed by atoms with Gasteiger partial charge in [0.05, 0.1) is 10.9 Å². The van der Waals surface area contributed by atoms with Crippen LogP contribution in [-0.2, 0) is 16.1 Å². The van der Waals surface area contributed by atoms with Gasteiger partial charge in [0.15, 0.2) is 0 Å². The van der Waals surface area contributed by atoms with Gasteiger partial charge in [-0.15, -0.1) is 11.3 Å². The number of nitrogens with one attached hydrogen (secondary N) is 1. The molecule has 0 aliphatic carbocycles. The van der Waals surface area contributed by atoms with Crippen molar-refractivity contribution in [1.29, 1.82) is 0 Å². The second-order valence-electron chi connectivity index (χ2n) is 3.10. The molecule has 5 heteroatoms. The van der Waals surface area contributed by atoms with E-state index in [1.165, 1.54) is 11.3 Å². The second kappa shape index (κ2) is 4.29. The Morgan fingerprint density at radius 3 is 3.07 bits per heavy atom. The number of thiophene rings is 1. The van der Waals surface area contributed by atoms with E-state index < -0.39 is 0 Å². The van der Waals surface area contributed by atoms with Gasteiger partial charge in [0, 0.05) is 17.8 Å². The molecule has 1 aliphatic rings. The minimum Gasteiger partial charge on any atom is -0.464 e. The van der Waals surface area contributed by atoms with Gasteiger partial charge in [0.2, 0.25) is 0 Å². The van der Waals surface area contributed by atoms with Crippen molar-refractivity contribution >= 4 is 28.9 Å². The maximum Gasteiger partial charge on any atom is 0.323 e. The van der Waals surface area contributed by atoms with Gasteiger partial charge >= 0.3 is 5.97 Å². The highest BCUT2D eigenvalue weighted by Crippen LogP contribution is 2.21. The first-order valence-electron chi connectivity index (χ1n) is 4.40. The molecular weight excluding hydrogens is 222 g/mol. The smallest absolute Gasteiger partial charge is 0.323 e. The maximum absolute atomic E-state index is 11.1. The SMILES string of the molecule is O=C1OCCC1NCc1ccc(Cl)s1. The largest absolute Gasteiger partial charge is 0.464 e. The Balaban J connectivity index is 1.85. The molecule has 0 saturated carbocycles. The molecule has 14 heavy (non-hydrogen) atoms. The summed E-state index contributed by atoms with van der Waals surface area (Å²) in [6.45, 7) is 1.21. The van der Waals surface area contributed by atoms with Gasteiger partial charge in [-0.05, 0) is 12.1 Å². The summed E-state index contributed by atoms with van der Waals surface area (Å²) in [5.41, 5.74) is 0. The molecule has 0 radical (unpaired) electrons. The van der Waals surface area contributed by atoms with E-state index in [0.717, 1.165) is 15.6 Å². The van der Waals surface area contributed by atoms with Crippen LogP contribution in [0.25, 0.3) is 0 Å². The van der Waals surface area contributed by atoms with E-state index >= 15 is 0 Å². The molecule has 1 aliphatic heterocycles. The Hall–Kier alpha value is -0.580. The number of hydrogen-bond acceptors (Lipinski definition) is 4. The molecule has 1 aromatic rings. The predicted molar refractivity (Wildman–Crippen MR) is 55.5 cm³/mol. The number of ether oxygens (including phenoxy) is 1. The molecule has 1 N–H and O–H groups in total. The van der Waals surface area contributed by atoms with E-state index in [1.54, 1.807) is 0 Å². The van der Waals surface area contributed by atoms with Gasteiger partial charge in [0.1, 0.15) is 6.04 Å². The molecule has 1 aromatic heterocycles. The number of rotatable bonds is 3. The number of halogens is 1. The van der Waals surface area contributed by atoms with Gasteiger partial charge in [-0.2, -0.15) is 0 Å². The predicted octanol–water partition coefficient (Wildman–Crippen LogP) is 1.81. The topological polar surface area (TPSA) is 38.3 Å². The van der Waals surface area contributed by atoms with Crippen LogP contribution < -0.4 is 5.32 Å². The number of cyclic esters (lactones) is 1. The molecule has 1 saturated heterocycles. The zero-order chi connectivity index (χ0) is 9.97. The fraction of sp³-hybridized carbons (Fsp3) is 0.444. The third kappa shape index (κ3) is 2.26. The van der Waals surface area contributed by atoms with Crippen molar-refractivity contribution in [3.63, 3.8) is 0 Å². The molecule has 1 atom stereocenters. The van der Waals surface area contributed by atoms with Crippen LogP contribution in [0.2, 0.25) is 4.34 Å². The number of carbonyl (C=O) groups excluding carboxylic acids is 1. The summed E-state index contributed by atoms with van der Waals surface area (Å²) in [6, 6.07) is 3.67. The summed E-state index contributed by atoms with van der Waals surface area (Å²) >= 11 is 7.31. The summed E-state index contributed by atoms with van der Waals surface area (Å²) < 4.78 is 5.61. The number of hydrogen-bond donors (Lipinski definition) is 1. The van der Waals surface area contributed by atoms with Crippen molar-refractivity contribution < 1.29 is 9.53 Å². The molecule has 2 heterocycles. The van der Waals surface area contributed by atoms with E-state index in [1.807, 2.05) is 12.1 Å². The Morgan fingerprint density at radius 2 is 2.50 bits per heavy atom. The standard InChI is InChI=1S/C9H10ClNO2S/c10-8-2-1-6(14-8)5-11-7-3-4-13-9(7)12/h1-2,7,11H,3-5H2. The fourth-order valence-electron chi connectivity index (χ4n) is 1.35. The molecule has 0 amide bonds. The maximum atomic E-state index is 11.1. The van der Waals surface area contributed by atoms with E-state index in [2.05, 4.69) is 5.32 Å². The van der Waals surface area contributed by atoms with Gasteiger partial charge in [-0.25, -0.2) is 0 Å². The van der Waals surface area contributed by atoms with E-state index in [9.17, 15) is 4.79 Å². The normalized spacial score (nSPS) is 21.2. The van der Waals surface area contributed by atoms with E-state index in [0.29, 0.717) is 13.2 Å². The lowest BCUT2D eigenvalue weighted by atomic mass is 10.2. The highest BCUT2D eigenvalue weighted by Gasteiger charge is 2.25. The molecule has 0 aromatic carbocycles. The lowest BCUT2D eigenvalue weighted by Crippen LogP contribution is -2.32. The van der Waals surface area contributed by atoms with Crippen LogP contribution in [0.15, 0.2) is 12.1 Å². The first-order valence-corrected chi connectivity index (χ1v) is 5.59. The molecule has 0 spiro atoms. The van der Waals surface area contributed by atoms with Crippen molar-refractivity contribution in [2.75, 3.05) is 6.61 Å². The molecule has 2 rings (SSSR count). The Bertz CT molecular complexity index is 339. The van der Waals surface area contributed by atoms with Crippen molar-refractivity contribution in [2.45, 2.75) is 19.0 Å². The minimum atomic E-state index is -0.146. The van der Waals surface area contributed by atoms with Gasteiger partial charge in [-0.3, -0.25) is 10.1 Å². The van der Waals surface area contributed by atoms with Crippen LogP contribution in [0.4, 0.5) is 0 Å².